The van der Waals surface area contributed by atoms with E-state index < -0.39 is 146 Å². The van der Waals surface area contributed by atoms with Crippen LogP contribution in [0.3, 0.4) is 0 Å². The minimum atomic E-state index is -1.92. The van der Waals surface area contributed by atoms with Gasteiger partial charge in [-0.15, -0.1) is 0 Å². The third-order valence-electron chi connectivity index (χ3n) is 9.23. The van der Waals surface area contributed by atoms with Crippen molar-refractivity contribution in [3.8, 4) is 0 Å². The molecule has 1 aromatic rings. The Hall–Kier alpha value is -7.38. The number of nitrogens with one attached hydrogen (secondary N) is 7. The molecule has 0 aromatic heterocycles. The molecule has 0 fully saturated rings. The Morgan fingerprint density at radius 3 is 1.69 bits per heavy atom. The van der Waals surface area contributed by atoms with Crippen LogP contribution in [0.15, 0.2) is 35.3 Å². The van der Waals surface area contributed by atoms with Crippen LogP contribution in [0.4, 0.5) is 0 Å². The first-order valence-electron chi connectivity index (χ1n) is 19.9. The maximum Gasteiger partial charge on any atom is 0.322 e. The highest BCUT2D eigenvalue weighted by atomic mass is 16.4. The standard InChI is InChI=1S/C38H58N12O14/c1-3-19(2)31(37(64)47-22(11-12-28(53)54)32(59)44-18-30(57)58)50-36(63)23(14-20-8-5-4-6-9-20)48-35(62)25(16-29(55)56)49-33(60)21(10-7-13-43-38(41)42)46-34(61)24(15-26(40)51)45-27(52)17-39/h4-6,8-9,19,21-25,31H,3,7,10-18,39H2,1-2H3,(H2,40,51)(H,44,59)(H,45,52)(H,46,61)(H,47,64)(H,48,62)(H,49,60)(H,50,63)(H,53,54)(H,55,56)(H,57,58)(H4,41,42,43)/t19-,21-,22-,23-,24-,25-,31-/m0/s1. The zero-order valence-electron chi connectivity index (χ0n) is 35.3. The quantitative estimate of drug-likeness (QED) is 0.0195. The first kappa shape index (κ1) is 54.6. The molecule has 1 aromatic carbocycles. The summed E-state index contributed by atoms with van der Waals surface area (Å²) in [5.74, 6) is -13.5. The van der Waals surface area contributed by atoms with Crippen molar-refractivity contribution in [2.75, 3.05) is 19.6 Å². The highest BCUT2D eigenvalue weighted by Crippen LogP contribution is 2.12. The average Bonchev–Trinajstić information content (AvgIpc) is 3.22. The molecule has 0 aliphatic rings. The number of carbonyl (C=O) groups is 11. The maximum absolute atomic E-state index is 14.1. The molecule has 8 amide bonds. The van der Waals surface area contributed by atoms with Crippen molar-refractivity contribution < 1.29 is 68.1 Å². The van der Waals surface area contributed by atoms with Gasteiger partial charge in [-0.2, -0.15) is 0 Å². The SMILES string of the molecule is CC[C@H](C)[C@H](NC(=O)[C@H](Cc1ccccc1)NC(=O)[C@H](CC(=O)O)NC(=O)[C@H](CCCN=C(N)N)NC(=O)[C@H](CC(N)=O)NC(=O)CN)C(=O)N[C@@H](CCC(=O)O)C(=O)NCC(=O)O. The number of carboxylic acid groups (broad SMARTS) is 3. The number of aliphatic imine (C=N–C) groups is 1. The van der Waals surface area contributed by atoms with Gasteiger partial charge >= 0.3 is 17.9 Å². The van der Waals surface area contributed by atoms with Crippen LogP contribution in [0, 0.1) is 5.92 Å². The topological polar surface area (TPSA) is 449 Å². The monoisotopic (exact) mass is 906 g/mol. The number of rotatable bonds is 30. The van der Waals surface area contributed by atoms with Gasteiger partial charge in [0.15, 0.2) is 5.96 Å². The van der Waals surface area contributed by atoms with E-state index in [-0.39, 0.29) is 38.2 Å². The molecule has 0 saturated heterocycles. The molecule has 7 atom stereocenters. The van der Waals surface area contributed by atoms with E-state index in [9.17, 15) is 63.0 Å². The largest absolute Gasteiger partial charge is 0.481 e. The second-order valence-electron chi connectivity index (χ2n) is 14.4. The van der Waals surface area contributed by atoms with Crippen LogP contribution in [0.5, 0.6) is 0 Å². The number of nitrogens with zero attached hydrogens (tertiary/aromatic N) is 1. The van der Waals surface area contributed by atoms with Gasteiger partial charge in [0.2, 0.25) is 47.3 Å². The van der Waals surface area contributed by atoms with E-state index in [0.717, 1.165) is 0 Å². The van der Waals surface area contributed by atoms with Crippen molar-refractivity contribution in [1.29, 1.82) is 0 Å². The lowest BCUT2D eigenvalue weighted by molar-refractivity contribution is -0.141. The third kappa shape index (κ3) is 21.4. The molecule has 354 valence electrons. The molecule has 64 heavy (non-hydrogen) atoms. The second kappa shape index (κ2) is 28.3. The number of hydrogen-bond acceptors (Lipinski definition) is 13. The van der Waals surface area contributed by atoms with Gasteiger partial charge in [-0.1, -0.05) is 50.6 Å². The van der Waals surface area contributed by atoms with Crippen LogP contribution in [-0.4, -0.2) is 142 Å². The van der Waals surface area contributed by atoms with Crippen molar-refractivity contribution in [3.63, 3.8) is 0 Å². The smallest absolute Gasteiger partial charge is 0.322 e. The summed E-state index contributed by atoms with van der Waals surface area (Å²) < 4.78 is 0. The van der Waals surface area contributed by atoms with Crippen LogP contribution < -0.4 is 60.2 Å². The number of nitrogens with two attached hydrogens (primary N) is 4. The summed E-state index contributed by atoms with van der Waals surface area (Å²) in [7, 11) is 0. The van der Waals surface area contributed by atoms with Gasteiger partial charge in [0, 0.05) is 19.4 Å². The molecule has 18 N–H and O–H groups in total. The lowest BCUT2D eigenvalue weighted by atomic mass is 9.96. The Kier molecular flexibility index (Phi) is 24.1. The molecular weight excluding hydrogens is 848 g/mol. The molecule has 0 saturated carbocycles. The highest BCUT2D eigenvalue weighted by Gasteiger charge is 2.36. The van der Waals surface area contributed by atoms with E-state index in [0.29, 0.717) is 5.56 Å². The van der Waals surface area contributed by atoms with E-state index in [1.807, 2.05) is 0 Å². The average molecular weight is 907 g/mol. The zero-order chi connectivity index (χ0) is 48.5. The van der Waals surface area contributed by atoms with Gasteiger partial charge in [0.1, 0.15) is 42.8 Å². The summed E-state index contributed by atoms with van der Waals surface area (Å²) in [6.45, 7) is 1.78. The van der Waals surface area contributed by atoms with E-state index in [1.165, 1.54) is 0 Å². The maximum atomic E-state index is 14.1. The Balaban J connectivity index is 3.56. The van der Waals surface area contributed by atoms with Crippen molar-refractivity contribution in [2.45, 2.75) is 101 Å². The normalized spacial score (nSPS) is 13.9. The summed E-state index contributed by atoms with van der Waals surface area (Å²) in [5.41, 5.74) is 21.8. The van der Waals surface area contributed by atoms with Crippen LogP contribution in [0.1, 0.15) is 64.4 Å². The number of carboxylic acids is 3. The van der Waals surface area contributed by atoms with Crippen molar-refractivity contribution >= 4 is 71.1 Å². The van der Waals surface area contributed by atoms with E-state index in [4.69, 9.17) is 28.0 Å². The molecule has 0 aliphatic carbocycles. The number of amides is 8. The third-order valence-corrected chi connectivity index (χ3v) is 9.23. The predicted octanol–water partition coefficient (Wildman–Crippen LogP) is -5.39. The minimum absolute atomic E-state index is 0.0270. The summed E-state index contributed by atoms with van der Waals surface area (Å²) >= 11 is 0. The Morgan fingerprint density at radius 1 is 0.625 bits per heavy atom. The fourth-order valence-electron chi connectivity index (χ4n) is 5.74. The van der Waals surface area contributed by atoms with E-state index in [1.54, 1.807) is 44.2 Å². The van der Waals surface area contributed by atoms with Crippen LogP contribution in [0.25, 0.3) is 0 Å². The van der Waals surface area contributed by atoms with Crippen LogP contribution in [-0.2, 0) is 59.2 Å². The number of carbonyl (C=O) groups excluding carboxylic acids is 8. The summed E-state index contributed by atoms with van der Waals surface area (Å²) in [4.78, 5) is 143. The zero-order valence-corrected chi connectivity index (χ0v) is 35.3. The molecular formula is C38H58N12O14. The first-order valence-corrected chi connectivity index (χ1v) is 19.9. The number of benzene rings is 1. The predicted molar refractivity (Wildman–Crippen MR) is 224 cm³/mol. The molecule has 0 radical (unpaired) electrons. The molecule has 0 aliphatic heterocycles. The van der Waals surface area contributed by atoms with E-state index >= 15 is 0 Å². The van der Waals surface area contributed by atoms with Gasteiger partial charge < -0.3 is 75.5 Å². The Morgan fingerprint density at radius 2 is 1.16 bits per heavy atom. The van der Waals surface area contributed by atoms with Crippen molar-refractivity contribution in [3.05, 3.63) is 35.9 Å². The Labute approximate surface area is 366 Å². The van der Waals surface area contributed by atoms with Crippen LogP contribution >= 0.6 is 0 Å². The van der Waals surface area contributed by atoms with Crippen molar-refractivity contribution in [2.24, 2.45) is 33.8 Å². The number of aliphatic carboxylic acids is 3. The molecule has 0 spiro atoms. The Bertz CT molecular complexity index is 1860. The number of guanidine groups is 1. The molecule has 26 nitrogen and oxygen atoms in total. The number of hydrogen-bond donors (Lipinski definition) is 14. The summed E-state index contributed by atoms with van der Waals surface area (Å²) in [6, 6.07) is -1.51. The van der Waals surface area contributed by atoms with E-state index in [2.05, 4.69) is 42.2 Å². The molecule has 0 unspecified atom stereocenters. The van der Waals surface area contributed by atoms with Gasteiger partial charge in [0.25, 0.3) is 0 Å². The lowest BCUT2D eigenvalue weighted by Crippen LogP contribution is -2.61. The second-order valence-corrected chi connectivity index (χ2v) is 14.4. The van der Waals surface area contributed by atoms with Gasteiger partial charge in [-0.3, -0.25) is 57.7 Å². The molecule has 0 bridgehead atoms. The van der Waals surface area contributed by atoms with Gasteiger partial charge in [-0.25, -0.2) is 0 Å². The van der Waals surface area contributed by atoms with Crippen molar-refractivity contribution in [1.82, 2.24) is 37.2 Å². The fraction of sp³-hybridized carbons (Fsp3) is 0.526. The van der Waals surface area contributed by atoms with Gasteiger partial charge in [0.05, 0.1) is 19.4 Å². The van der Waals surface area contributed by atoms with Gasteiger partial charge in [-0.05, 0) is 30.7 Å². The minimum Gasteiger partial charge on any atom is -0.481 e. The molecule has 0 heterocycles. The highest BCUT2D eigenvalue weighted by molar-refractivity contribution is 5.99. The molecule has 26 heteroatoms. The molecule has 1 rings (SSSR count). The first-order chi connectivity index (χ1) is 30.1. The summed E-state index contributed by atoms with van der Waals surface area (Å²) in [5, 5.41) is 44.1. The number of primary amides is 1. The summed E-state index contributed by atoms with van der Waals surface area (Å²) in [6.07, 6.45) is -3.00. The fourth-order valence-corrected chi connectivity index (χ4v) is 5.74. The van der Waals surface area contributed by atoms with Crippen LogP contribution in [0.2, 0.25) is 0 Å². The lowest BCUT2D eigenvalue weighted by Gasteiger charge is -2.29.